The highest BCUT2D eigenvalue weighted by Crippen LogP contribution is 2.38. The van der Waals surface area contributed by atoms with Crippen LogP contribution < -0.4 is 4.89 Å². The molecule has 0 heterocycles. The number of allylic oxidation sites excluding steroid dienone is 12. The zero-order valence-electron chi connectivity index (χ0n) is 41.5. The van der Waals surface area contributed by atoms with E-state index < -0.39 is 13.9 Å². The first-order valence-corrected chi connectivity index (χ1v) is 27.1. The molecule has 0 rings (SSSR count). The first kappa shape index (κ1) is 60.9. The van der Waals surface area contributed by atoms with Crippen LogP contribution in [0.15, 0.2) is 72.9 Å². The molecule has 0 fully saturated rings. The second kappa shape index (κ2) is 46.5. The summed E-state index contributed by atoms with van der Waals surface area (Å²) >= 11 is 0. The average molecular weight is 904 g/mol. The maximum Gasteiger partial charge on any atom is 0.306 e. The lowest BCUT2D eigenvalue weighted by atomic mass is 10.1. The summed E-state index contributed by atoms with van der Waals surface area (Å²) < 4.78 is 34.7. The number of hydrogen-bond donors (Lipinski definition) is 0. The van der Waals surface area contributed by atoms with E-state index in [1.54, 1.807) is 0 Å². The van der Waals surface area contributed by atoms with Crippen molar-refractivity contribution >= 4 is 13.8 Å². The molecule has 0 aliphatic carbocycles. The molecule has 0 aromatic rings. The molecule has 0 saturated carbocycles. The fourth-order valence-corrected chi connectivity index (χ4v) is 7.46. The summed E-state index contributed by atoms with van der Waals surface area (Å²) in [5, 5.41) is 0. The number of carbonyl (C=O) groups excluding carboxylic acids is 1. The molecule has 0 aromatic carbocycles. The van der Waals surface area contributed by atoms with E-state index in [9.17, 15) is 14.3 Å². The molecule has 0 amide bonds. The topological polar surface area (TPSA) is 94.1 Å². The third-order valence-corrected chi connectivity index (χ3v) is 11.7. The number of esters is 1. The van der Waals surface area contributed by atoms with Crippen LogP contribution in [0.4, 0.5) is 0 Å². The van der Waals surface area contributed by atoms with Crippen molar-refractivity contribution in [1.29, 1.82) is 0 Å². The molecule has 0 spiro atoms. The van der Waals surface area contributed by atoms with Crippen molar-refractivity contribution in [2.45, 2.75) is 213 Å². The highest BCUT2D eigenvalue weighted by atomic mass is 31.2. The summed E-state index contributed by atoms with van der Waals surface area (Å²) in [6.45, 7) is 5.33. The van der Waals surface area contributed by atoms with E-state index in [2.05, 4.69) is 86.8 Å². The van der Waals surface area contributed by atoms with Crippen molar-refractivity contribution < 1.29 is 37.3 Å². The minimum absolute atomic E-state index is 0.0177. The number of ether oxygens (including phenoxy) is 2. The predicted molar refractivity (Wildman–Crippen MR) is 268 cm³/mol. The van der Waals surface area contributed by atoms with Crippen LogP contribution >= 0.6 is 7.82 Å². The molecule has 9 heteroatoms. The smallest absolute Gasteiger partial charge is 0.306 e. The third kappa shape index (κ3) is 50.8. The van der Waals surface area contributed by atoms with E-state index in [0.717, 1.165) is 83.5 Å². The van der Waals surface area contributed by atoms with Crippen LogP contribution in [0.1, 0.15) is 206 Å². The Bertz CT molecular complexity index is 1230. The Labute approximate surface area is 389 Å². The molecule has 0 radical (unpaired) electrons. The van der Waals surface area contributed by atoms with Crippen molar-refractivity contribution in [3.63, 3.8) is 0 Å². The normalized spacial score (nSPS) is 14.2. The number of quaternary nitrogens is 1. The lowest BCUT2D eigenvalue weighted by molar-refractivity contribution is -0.870. The van der Waals surface area contributed by atoms with Crippen LogP contribution in [-0.4, -0.2) is 70.7 Å². The number of rotatable bonds is 47. The third-order valence-electron chi connectivity index (χ3n) is 10.7. The highest BCUT2D eigenvalue weighted by molar-refractivity contribution is 7.45. The summed E-state index contributed by atoms with van der Waals surface area (Å²) in [5.41, 5.74) is 0. The summed E-state index contributed by atoms with van der Waals surface area (Å²) in [6.07, 6.45) is 60.6. The number of carbonyl (C=O) groups is 1. The molecule has 0 N–H and O–H groups in total. The van der Waals surface area contributed by atoms with E-state index in [4.69, 9.17) is 18.5 Å². The van der Waals surface area contributed by atoms with Gasteiger partial charge >= 0.3 is 5.97 Å². The molecule has 2 atom stereocenters. The Morgan fingerprint density at radius 3 is 1.33 bits per heavy atom. The van der Waals surface area contributed by atoms with Gasteiger partial charge < -0.3 is 27.9 Å². The second-order valence-corrected chi connectivity index (χ2v) is 19.6. The van der Waals surface area contributed by atoms with Gasteiger partial charge in [0, 0.05) is 13.0 Å². The van der Waals surface area contributed by atoms with Gasteiger partial charge in [-0.2, -0.15) is 0 Å². The van der Waals surface area contributed by atoms with Gasteiger partial charge in [0.1, 0.15) is 19.3 Å². The number of nitrogens with zero attached hydrogens (tertiary/aromatic N) is 1. The fourth-order valence-electron chi connectivity index (χ4n) is 6.74. The molecule has 63 heavy (non-hydrogen) atoms. The number of unbranched alkanes of at least 4 members (excludes halogenated alkanes) is 21. The van der Waals surface area contributed by atoms with Crippen LogP contribution in [0.3, 0.4) is 0 Å². The molecule has 0 aliphatic rings. The fraction of sp³-hybridized carbons (Fsp3) is 0.759. The lowest BCUT2D eigenvalue weighted by Gasteiger charge is -2.28. The van der Waals surface area contributed by atoms with E-state index in [1.165, 1.54) is 103 Å². The Morgan fingerprint density at radius 2 is 0.873 bits per heavy atom. The largest absolute Gasteiger partial charge is 0.756 e. The van der Waals surface area contributed by atoms with Crippen molar-refractivity contribution in [1.82, 2.24) is 0 Å². The Hall–Kier alpha value is -2.06. The van der Waals surface area contributed by atoms with Crippen LogP contribution in [0.25, 0.3) is 0 Å². The van der Waals surface area contributed by atoms with Crippen molar-refractivity contribution in [2.24, 2.45) is 0 Å². The van der Waals surface area contributed by atoms with Gasteiger partial charge in [-0.05, 0) is 89.9 Å². The van der Waals surface area contributed by atoms with Gasteiger partial charge in [0.25, 0.3) is 7.82 Å². The summed E-state index contributed by atoms with van der Waals surface area (Å²) in [5.74, 6) is -0.351. The van der Waals surface area contributed by atoms with Gasteiger partial charge in [-0.15, -0.1) is 0 Å². The Kier molecular flexibility index (Phi) is 44.9. The van der Waals surface area contributed by atoms with Gasteiger partial charge in [-0.25, -0.2) is 0 Å². The van der Waals surface area contributed by atoms with E-state index in [1.807, 2.05) is 21.1 Å². The molecule has 2 unspecified atom stereocenters. The lowest BCUT2D eigenvalue weighted by Crippen LogP contribution is -2.37. The molecule has 0 aliphatic heterocycles. The molecular weight excluding hydrogens is 806 g/mol. The van der Waals surface area contributed by atoms with Gasteiger partial charge in [-0.1, -0.05) is 183 Å². The molecule has 8 nitrogen and oxygen atoms in total. The van der Waals surface area contributed by atoms with Gasteiger partial charge in [0.05, 0.1) is 34.4 Å². The molecule has 0 aromatic heterocycles. The predicted octanol–water partition coefficient (Wildman–Crippen LogP) is 15.2. The maximum absolute atomic E-state index is 12.7. The number of phosphoric acid groups is 1. The van der Waals surface area contributed by atoms with E-state index in [0.29, 0.717) is 24.1 Å². The summed E-state index contributed by atoms with van der Waals surface area (Å²) in [7, 11) is 1.33. The molecule has 366 valence electrons. The van der Waals surface area contributed by atoms with E-state index >= 15 is 0 Å². The summed E-state index contributed by atoms with van der Waals surface area (Å²) in [4.78, 5) is 25.2. The zero-order valence-corrected chi connectivity index (χ0v) is 42.4. The molecule has 0 bridgehead atoms. The Morgan fingerprint density at radius 1 is 0.492 bits per heavy atom. The first-order chi connectivity index (χ1) is 30.6. The monoisotopic (exact) mass is 904 g/mol. The molecule has 0 saturated heterocycles. The highest BCUT2D eigenvalue weighted by Gasteiger charge is 2.20. The number of hydrogen-bond acceptors (Lipinski definition) is 7. The average Bonchev–Trinajstić information content (AvgIpc) is 3.24. The van der Waals surface area contributed by atoms with Crippen LogP contribution in [0.2, 0.25) is 0 Å². The van der Waals surface area contributed by atoms with Crippen LogP contribution in [-0.2, 0) is 27.9 Å². The maximum atomic E-state index is 12.7. The first-order valence-electron chi connectivity index (χ1n) is 25.7. The van der Waals surface area contributed by atoms with Gasteiger partial charge in [0.2, 0.25) is 0 Å². The van der Waals surface area contributed by atoms with E-state index in [-0.39, 0.29) is 25.8 Å². The number of likely N-dealkylation sites (N-methyl/N-ethyl adjacent to an activating group) is 1. The number of phosphoric ester groups is 1. The van der Waals surface area contributed by atoms with Gasteiger partial charge in [-0.3, -0.25) is 9.36 Å². The standard InChI is InChI=1S/C54H98NO7P/c1-6-8-10-12-14-16-18-20-22-24-26-27-28-30-32-34-36-38-40-42-44-46-49-59-51-53(52-61-63(57,58)60-50-48-55(3,4)5)62-54(56)47-45-43-41-39-37-35-33-31-29-25-23-21-19-17-15-13-11-9-7-2/h15,17-18,20-21,23-24,26,28-31,53H,6-14,16,19,22,25,27,32-52H2,1-5H3/b17-15-,20-18-,23-21-,26-24-,30-28-,31-29-. The summed E-state index contributed by atoms with van der Waals surface area (Å²) in [6, 6.07) is 0. The van der Waals surface area contributed by atoms with Crippen LogP contribution in [0.5, 0.6) is 0 Å². The van der Waals surface area contributed by atoms with Crippen molar-refractivity contribution in [2.75, 3.05) is 54.1 Å². The second-order valence-electron chi connectivity index (χ2n) is 18.2. The minimum Gasteiger partial charge on any atom is -0.756 e. The van der Waals surface area contributed by atoms with Crippen molar-refractivity contribution in [3.8, 4) is 0 Å². The van der Waals surface area contributed by atoms with Crippen LogP contribution in [0, 0.1) is 0 Å². The SMILES string of the molecule is CCCCC/C=C\C/C=C\C/C=C\CCCCCCCCC(=O)OC(COCCCCCCCCC/C=C\C/C=C\C/C=C\CCCCCCC)COP(=O)([O-])OCC[N+](C)(C)C. The Balaban J connectivity index is 4.22. The van der Waals surface area contributed by atoms with Gasteiger partial charge in [0.15, 0.2) is 0 Å². The zero-order chi connectivity index (χ0) is 46.2. The minimum atomic E-state index is -4.54. The quantitative estimate of drug-likeness (QED) is 0.0197. The molecular formula is C54H98NO7P. The van der Waals surface area contributed by atoms with Crippen molar-refractivity contribution in [3.05, 3.63) is 72.9 Å².